The van der Waals surface area contributed by atoms with Crippen molar-refractivity contribution in [3.05, 3.63) is 113 Å². The van der Waals surface area contributed by atoms with Crippen LogP contribution in [-0.2, 0) is 6.18 Å². The highest BCUT2D eigenvalue weighted by molar-refractivity contribution is 5.94. The summed E-state index contributed by atoms with van der Waals surface area (Å²) >= 11 is 0. The number of rotatable bonds is 5. The Balaban J connectivity index is 1.60. The highest BCUT2D eigenvalue weighted by atomic mass is 19.4. The smallest absolute Gasteiger partial charge is 0.354 e. The third kappa shape index (κ3) is 4.76. The number of para-hydroxylation sites is 1. The summed E-state index contributed by atoms with van der Waals surface area (Å²) in [5, 5.41) is 7.81. The monoisotopic (exact) mass is 522 g/mol. The van der Waals surface area contributed by atoms with E-state index in [1.54, 1.807) is 12.1 Å². The van der Waals surface area contributed by atoms with Crippen LogP contribution >= 0.6 is 0 Å². The number of benzene rings is 3. The van der Waals surface area contributed by atoms with Crippen molar-refractivity contribution in [3.63, 3.8) is 0 Å². The standard InChI is InChI=1S/C29H26F4N4O/c1-3-36-17-24(34-27(38)20-8-7-9-21(16-20)29(31,32)33)26(19-12-14-22(30)15-13-19)25-18(2)35-37(28(25)36)23-10-5-4-6-11-23/h4-16,24,26H,3,17H2,1-2H3,(H,34,38)/t24-,26-/m1/s1. The number of likely N-dealkylation sites (N-methyl/N-ethyl adjacent to an activating group) is 1. The van der Waals surface area contributed by atoms with Crippen molar-refractivity contribution < 1.29 is 22.4 Å². The number of halogens is 4. The number of carbonyl (C=O) groups is 1. The van der Waals surface area contributed by atoms with E-state index >= 15 is 0 Å². The second-order valence-electron chi connectivity index (χ2n) is 9.30. The van der Waals surface area contributed by atoms with Crippen LogP contribution in [0.15, 0.2) is 78.9 Å². The van der Waals surface area contributed by atoms with Crippen molar-refractivity contribution in [1.29, 1.82) is 0 Å². The Bertz CT molecular complexity index is 1450. The van der Waals surface area contributed by atoms with Crippen molar-refractivity contribution in [3.8, 4) is 5.69 Å². The molecule has 1 N–H and O–H groups in total. The molecule has 0 saturated carbocycles. The number of hydrogen-bond donors (Lipinski definition) is 1. The van der Waals surface area contributed by atoms with Gasteiger partial charge >= 0.3 is 6.18 Å². The molecule has 0 aliphatic carbocycles. The fourth-order valence-electron chi connectivity index (χ4n) is 5.14. The average molecular weight is 523 g/mol. The van der Waals surface area contributed by atoms with Crippen LogP contribution in [0.25, 0.3) is 5.69 Å². The molecule has 0 unspecified atom stereocenters. The van der Waals surface area contributed by atoms with E-state index in [-0.39, 0.29) is 11.4 Å². The highest BCUT2D eigenvalue weighted by Crippen LogP contribution is 2.43. The predicted molar refractivity (Wildman–Crippen MR) is 137 cm³/mol. The normalized spacial score (nSPS) is 17.3. The third-order valence-electron chi connectivity index (χ3n) is 6.89. The van der Waals surface area contributed by atoms with E-state index < -0.39 is 29.6 Å². The van der Waals surface area contributed by atoms with Crippen LogP contribution in [0, 0.1) is 12.7 Å². The molecule has 1 aliphatic rings. The summed E-state index contributed by atoms with van der Waals surface area (Å²) in [5.41, 5.74) is 2.30. The first-order chi connectivity index (χ1) is 18.2. The molecule has 0 radical (unpaired) electrons. The van der Waals surface area contributed by atoms with E-state index in [0.29, 0.717) is 13.1 Å². The maximum absolute atomic E-state index is 13.8. The van der Waals surface area contributed by atoms with Crippen molar-refractivity contribution in [1.82, 2.24) is 15.1 Å². The Kier molecular flexibility index (Phi) is 6.69. The number of nitrogens with one attached hydrogen (secondary N) is 1. The Morgan fingerprint density at radius 3 is 2.39 bits per heavy atom. The first-order valence-electron chi connectivity index (χ1n) is 12.3. The van der Waals surface area contributed by atoms with Gasteiger partial charge in [-0.25, -0.2) is 9.07 Å². The molecule has 3 aromatic carbocycles. The van der Waals surface area contributed by atoms with Gasteiger partial charge in [-0.1, -0.05) is 36.4 Å². The quantitative estimate of drug-likeness (QED) is 0.322. The van der Waals surface area contributed by atoms with E-state index in [4.69, 9.17) is 5.10 Å². The molecule has 38 heavy (non-hydrogen) atoms. The van der Waals surface area contributed by atoms with Gasteiger partial charge in [-0.3, -0.25) is 4.79 Å². The second-order valence-corrected chi connectivity index (χ2v) is 9.30. The summed E-state index contributed by atoms with van der Waals surface area (Å²) in [6, 6.07) is 19.6. The minimum absolute atomic E-state index is 0.0803. The van der Waals surface area contributed by atoms with Crippen molar-refractivity contribution >= 4 is 11.7 Å². The van der Waals surface area contributed by atoms with E-state index in [2.05, 4.69) is 10.2 Å². The molecule has 4 aromatic rings. The lowest BCUT2D eigenvalue weighted by Gasteiger charge is -2.40. The summed E-state index contributed by atoms with van der Waals surface area (Å²) in [6.45, 7) is 4.87. The average Bonchev–Trinajstić information content (AvgIpc) is 3.26. The lowest BCUT2D eigenvalue weighted by molar-refractivity contribution is -0.137. The SMILES string of the molecule is CCN1C[C@@H](NC(=O)c2cccc(C(F)(F)F)c2)[C@@H](c2ccc(F)cc2)c2c(C)nn(-c3ccccc3)c21. The summed E-state index contributed by atoms with van der Waals surface area (Å²) in [4.78, 5) is 15.4. The summed E-state index contributed by atoms with van der Waals surface area (Å²) in [6.07, 6.45) is -4.56. The zero-order valence-corrected chi connectivity index (χ0v) is 20.8. The Labute approximate surface area is 217 Å². The van der Waals surface area contributed by atoms with Gasteiger partial charge in [-0.15, -0.1) is 0 Å². The molecule has 1 amide bonds. The molecule has 5 rings (SSSR count). The van der Waals surface area contributed by atoms with Gasteiger partial charge in [0.15, 0.2) is 0 Å². The minimum atomic E-state index is -4.56. The van der Waals surface area contributed by atoms with E-state index in [0.717, 1.165) is 40.5 Å². The van der Waals surface area contributed by atoms with E-state index in [9.17, 15) is 22.4 Å². The molecule has 1 aromatic heterocycles. The Hall–Kier alpha value is -4.14. The Morgan fingerprint density at radius 2 is 1.74 bits per heavy atom. The number of aryl methyl sites for hydroxylation is 1. The molecule has 5 nitrogen and oxygen atoms in total. The molecular weight excluding hydrogens is 496 g/mol. The van der Waals surface area contributed by atoms with Gasteiger partial charge in [-0.05, 0) is 61.9 Å². The first kappa shape index (κ1) is 25.5. The number of nitrogens with zero attached hydrogens (tertiary/aromatic N) is 3. The lowest BCUT2D eigenvalue weighted by Crippen LogP contribution is -2.51. The van der Waals surface area contributed by atoms with Crippen molar-refractivity contribution in [2.75, 3.05) is 18.0 Å². The Morgan fingerprint density at radius 1 is 1.03 bits per heavy atom. The molecule has 9 heteroatoms. The van der Waals surface area contributed by atoms with Crippen LogP contribution < -0.4 is 10.2 Å². The number of aromatic nitrogens is 2. The van der Waals surface area contributed by atoms with Crippen LogP contribution in [0.5, 0.6) is 0 Å². The summed E-state index contributed by atoms with van der Waals surface area (Å²) in [7, 11) is 0. The number of hydrogen-bond acceptors (Lipinski definition) is 3. The van der Waals surface area contributed by atoms with Crippen molar-refractivity contribution in [2.45, 2.75) is 32.0 Å². The molecule has 0 bridgehead atoms. The van der Waals surface area contributed by atoms with E-state index in [1.165, 1.54) is 24.3 Å². The fraction of sp³-hybridized carbons (Fsp3) is 0.241. The lowest BCUT2D eigenvalue weighted by atomic mass is 9.81. The zero-order valence-electron chi connectivity index (χ0n) is 20.8. The van der Waals surface area contributed by atoms with Gasteiger partial charge < -0.3 is 10.2 Å². The number of amides is 1. The molecule has 1 aliphatic heterocycles. The molecule has 0 fully saturated rings. The van der Waals surface area contributed by atoms with Gasteiger partial charge in [0.25, 0.3) is 5.91 Å². The zero-order chi connectivity index (χ0) is 27.0. The molecule has 2 atom stereocenters. The fourth-order valence-corrected chi connectivity index (χ4v) is 5.14. The van der Waals surface area contributed by atoms with Crippen LogP contribution in [0.1, 0.15) is 45.6 Å². The second kappa shape index (κ2) is 9.96. The number of anilines is 1. The number of fused-ring (bicyclic) bond motifs is 1. The molecule has 0 saturated heterocycles. The molecule has 0 spiro atoms. The van der Waals surface area contributed by atoms with Gasteiger partial charge in [0.2, 0.25) is 0 Å². The molecule has 196 valence electrons. The topological polar surface area (TPSA) is 50.2 Å². The van der Waals surface area contributed by atoms with Gasteiger partial charge in [0.1, 0.15) is 11.6 Å². The minimum Gasteiger partial charge on any atom is -0.354 e. The first-order valence-corrected chi connectivity index (χ1v) is 12.3. The highest BCUT2D eigenvalue weighted by Gasteiger charge is 2.40. The maximum Gasteiger partial charge on any atom is 0.416 e. The molecular formula is C29H26F4N4O. The third-order valence-corrected chi connectivity index (χ3v) is 6.89. The number of carbonyl (C=O) groups excluding carboxylic acids is 1. The number of alkyl halides is 3. The van der Waals surface area contributed by atoms with Crippen molar-refractivity contribution in [2.24, 2.45) is 0 Å². The largest absolute Gasteiger partial charge is 0.416 e. The van der Waals surface area contributed by atoms with Crippen LogP contribution in [0.3, 0.4) is 0 Å². The summed E-state index contributed by atoms with van der Waals surface area (Å²) < 4.78 is 55.5. The predicted octanol–water partition coefficient (Wildman–Crippen LogP) is 6.11. The van der Waals surface area contributed by atoms with Crippen LogP contribution in [0.2, 0.25) is 0 Å². The maximum atomic E-state index is 13.8. The molecule has 2 heterocycles. The summed E-state index contributed by atoms with van der Waals surface area (Å²) in [5.74, 6) is -0.530. The van der Waals surface area contributed by atoms with Crippen LogP contribution in [-0.4, -0.2) is 34.8 Å². The van der Waals surface area contributed by atoms with Crippen LogP contribution in [0.4, 0.5) is 23.4 Å². The van der Waals surface area contributed by atoms with Gasteiger partial charge in [0, 0.05) is 30.1 Å². The van der Waals surface area contributed by atoms with E-state index in [1.807, 2.05) is 48.9 Å². The van der Waals surface area contributed by atoms with Gasteiger partial charge in [0.05, 0.1) is 23.0 Å². The van der Waals surface area contributed by atoms with Gasteiger partial charge in [-0.2, -0.15) is 18.3 Å².